The molecule has 0 saturated carbocycles. The van der Waals surface area contributed by atoms with Crippen molar-refractivity contribution in [2.75, 3.05) is 58.4 Å². The zero-order chi connectivity index (χ0) is 24.2. The van der Waals surface area contributed by atoms with Crippen molar-refractivity contribution in [1.29, 1.82) is 0 Å². The van der Waals surface area contributed by atoms with E-state index < -0.39 is 17.7 Å². The predicted molar refractivity (Wildman–Crippen MR) is 133 cm³/mol. The number of hydrogen-bond acceptors (Lipinski definition) is 6. The van der Waals surface area contributed by atoms with Gasteiger partial charge in [0.15, 0.2) is 0 Å². The van der Waals surface area contributed by atoms with Crippen molar-refractivity contribution in [3.63, 3.8) is 0 Å². The van der Waals surface area contributed by atoms with Crippen LogP contribution in [-0.2, 0) is 14.3 Å². The first-order valence-corrected chi connectivity index (χ1v) is 11.8. The van der Waals surface area contributed by atoms with Crippen LogP contribution in [0.15, 0.2) is 54.1 Å². The predicted octanol–water partition coefficient (Wildman–Crippen LogP) is 3.21. The molecule has 0 aliphatic carbocycles. The lowest BCUT2D eigenvalue weighted by Gasteiger charge is -2.29. The molecule has 0 radical (unpaired) electrons. The van der Waals surface area contributed by atoms with E-state index in [2.05, 4.69) is 4.90 Å². The van der Waals surface area contributed by atoms with Gasteiger partial charge in [0.25, 0.3) is 11.7 Å². The molecule has 2 fully saturated rings. The zero-order valence-electron chi connectivity index (χ0n) is 20.2. The fourth-order valence-corrected chi connectivity index (χ4v) is 4.57. The first-order valence-electron chi connectivity index (χ1n) is 11.8. The van der Waals surface area contributed by atoms with Crippen LogP contribution in [0.1, 0.15) is 29.2 Å². The summed E-state index contributed by atoms with van der Waals surface area (Å²) in [5, 5.41) is 11.2. The first-order chi connectivity index (χ1) is 16.4. The first kappa shape index (κ1) is 24.0. The Kier molecular flexibility index (Phi) is 7.34. The lowest BCUT2D eigenvalue weighted by atomic mass is 9.94. The Labute approximate surface area is 201 Å². The number of carbonyl (C=O) groups is 2. The Morgan fingerprint density at radius 1 is 1.00 bits per heavy atom. The number of aliphatic hydroxyl groups is 1. The summed E-state index contributed by atoms with van der Waals surface area (Å²) in [4.78, 5) is 32.2. The van der Waals surface area contributed by atoms with Crippen LogP contribution in [0.3, 0.4) is 0 Å². The van der Waals surface area contributed by atoms with Crippen LogP contribution in [0.2, 0.25) is 0 Å². The van der Waals surface area contributed by atoms with Crippen molar-refractivity contribution in [2.24, 2.45) is 0 Å². The van der Waals surface area contributed by atoms with E-state index in [1.165, 1.54) is 0 Å². The van der Waals surface area contributed by atoms with Gasteiger partial charge in [-0.3, -0.25) is 14.5 Å². The van der Waals surface area contributed by atoms with Crippen molar-refractivity contribution in [3.05, 3.63) is 70.8 Å². The maximum atomic E-state index is 13.2. The number of rotatable bonds is 7. The second-order valence-corrected chi connectivity index (χ2v) is 9.15. The molecule has 1 atom stereocenters. The van der Waals surface area contributed by atoms with E-state index in [-0.39, 0.29) is 11.3 Å². The van der Waals surface area contributed by atoms with Crippen LogP contribution in [0.5, 0.6) is 0 Å². The average molecular weight is 464 g/mol. The van der Waals surface area contributed by atoms with Gasteiger partial charge in [-0.05, 0) is 31.0 Å². The number of aliphatic hydroxyl groups excluding tert-OH is 1. The number of ketones is 1. The highest BCUT2D eigenvalue weighted by Gasteiger charge is 2.45. The Morgan fingerprint density at radius 3 is 2.26 bits per heavy atom. The van der Waals surface area contributed by atoms with Crippen LogP contribution in [0.25, 0.3) is 5.76 Å². The Bertz CT molecular complexity index is 1050. The number of hydrogen-bond donors (Lipinski definition) is 1. The number of morpholine rings is 1. The molecule has 1 N–H and O–H groups in total. The van der Waals surface area contributed by atoms with Gasteiger partial charge in [0, 0.05) is 51.5 Å². The minimum atomic E-state index is -0.633. The molecular formula is C27H33N3O4. The highest BCUT2D eigenvalue weighted by atomic mass is 16.5. The number of likely N-dealkylation sites (tertiary alicyclic amines) is 1. The molecule has 1 unspecified atom stereocenters. The minimum absolute atomic E-state index is 0.129. The molecule has 0 bridgehead atoms. The van der Waals surface area contributed by atoms with E-state index in [4.69, 9.17) is 4.74 Å². The van der Waals surface area contributed by atoms with Crippen LogP contribution >= 0.6 is 0 Å². The standard InChI is InChI=1S/C27H33N3O4/c1-19-5-7-21(8-6-19)25(31)23-24(20-9-11-22(12-10-20)28(2)3)30(27(33)26(23)32)14-4-13-29-15-17-34-18-16-29/h5-12,24,31H,4,13-18H2,1-3H3/b25-23-. The van der Waals surface area contributed by atoms with E-state index in [1.807, 2.05) is 62.3 Å². The number of carbonyl (C=O) groups excluding carboxylic acids is 2. The molecule has 2 aliphatic rings. The quantitative estimate of drug-likeness (QED) is 0.386. The number of amides is 1. The van der Waals surface area contributed by atoms with Crippen LogP contribution in [-0.4, -0.2) is 80.1 Å². The summed E-state index contributed by atoms with van der Waals surface area (Å²) in [7, 11) is 3.92. The van der Waals surface area contributed by atoms with E-state index in [9.17, 15) is 14.7 Å². The van der Waals surface area contributed by atoms with Gasteiger partial charge in [0.1, 0.15) is 5.76 Å². The summed E-state index contributed by atoms with van der Waals surface area (Å²) in [6, 6.07) is 14.5. The maximum absolute atomic E-state index is 13.2. The number of Topliss-reactive ketones (excluding diaryl/α,β-unsaturated/α-hetero) is 1. The third-order valence-corrected chi connectivity index (χ3v) is 6.57. The third-order valence-electron chi connectivity index (χ3n) is 6.57. The zero-order valence-corrected chi connectivity index (χ0v) is 20.2. The molecule has 180 valence electrons. The summed E-state index contributed by atoms with van der Waals surface area (Å²) in [5.41, 5.74) is 3.57. The summed E-state index contributed by atoms with van der Waals surface area (Å²) in [6.07, 6.45) is 0.740. The highest BCUT2D eigenvalue weighted by molar-refractivity contribution is 6.46. The smallest absolute Gasteiger partial charge is 0.295 e. The molecule has 1 amide bonds. The molecule has 2 aromatic carbocycles. The van der Waals surface area contributed by atoms with Gasteiger partial charge in [0.05, 0.1) is 24.8 Å². The Hall–Kier alpha value is -3.16. The molecule has 2 aliphatic heterocycles. The lowest BCUT2D eigenvalue weighted by molar-refractivity contribution is -0.140. The van der Waals surface area contributed by atoms with Gasteiger partial charge in [0.2, 0.25) is 0 Å². The van der Waals surface area contributed by atoms with Gasteiger partial charge >= 0.3 is 0 Å². The summed E-state index contributed by atoms with van der Waals surface area (Å²) < 4.78 is 5.41. The minimum Gasteiger partial charge on any atom is -0.507 e. The van der Waals surface area contributed by atoms with Gasteiger partial charge < -0.3 is 19.6 Å². The van der Waals surface area contributed by atoms with Gasteiger partial charge in [-0.1, -0.05) is 42.0 Å². The fourth-order valence-electron chi connectivity index (χ4n) is 4.57. The summed E-state index contributed by atoms with van der Waals surface area (Å²) >= 11 is 0. The fraction of sp³-hybridized carbons (Fsp3) is 0.407. The molecule has 7 heteroatoms. The normalized spacial score (nSPS) is 20.7. The van der Waals surface area contributed by atoms with E-state index >= 15 is 0 Å². The summed E-state index contributed by atoms with van der Waals surface area (Å²) in [5.74, 6) is -1.32. The van der Waals surface area contributed by atoms with Gasteiger partial charge in [-0.25, -0.2) is 0 Å². The number of anilines is 1. The third kappa shape index (κ3) is 5.00. The maximum Gasteiger partial charge on any atom is 0.295 e. The highest BCUT2D eigenvalue weighted by Crippen LogP contribution is 2.39. The Morgan fingerprint density at radius 2 is 1.65 bits per heavy atom. The number of aryl methyl sites for hydroxylation is 1. The molecule has 7 nitrogen and oxygen atoms in total. The number of ether oxygens (including phenoxy) is 1. The average Bonchev–Trinajstić information content (AvgIpc) is 3.10. The SMILES string of the molecule is Cc1ccc(/C(O)=C2/C(=O)C(=O)N(CCCN3CCOCC3)C2c2ccc(N(C)C)cc2)cc1. The van der Waals surface area contributed by atoms with Crippen LogP contribution in [0, 0.1) is 6.92 Å². The topological polar surface area (TPSA) is 73.3 Å². The Balaban J connectivity index is 1.67. The van der Waals surface area contributed by atoms with Gasteiger partial charge in [-0.2, -0.15) is 0 Å². The van der Waals surface area contributed by atoms with Crippen LogP contribution < -0.4 is 4.90 Å². The molecule has 2 saturated heterocycles. The van der Waals surface area contributed by atoms with E-state index in [0.717, 1.165) is 56.1 Å². The van der Waals surface area contributed by atoms with Crippen LogP contribution in [0.4, 0.5) is 5.69 Å². The molecular weight excluding hydrogens is 430 g/mol. The van der Waals surface area contributed by atoms with Crippen molar-refractivity contribution in [1.82, 2.24) is 9.80 Å². The second kappa shape index (κ2) is 10.4. The van der Waals surface area contributed by atoms with Crippen molar-refractivity contribution in [2.45, 2.75) is 19.4 Å². The molecule has 0 spiro atoms. The van der Waals surface area contributed by atoms with Crippen molar-refractivity contribution >= 4 is 23.1 Å². The van der Waals surface area contributed by atoms with Gasteiger partial charge in [-0.15, -0.1) is 0 Å². The lowest BCUT2D eigenvalue weighted by Crippen LogP contribution is -2.38. The van der Waals surface area contributed by atoms with E-state index in [0.29, 0.717) is 12.1 Å². The molecule has 34 heavy (non-hydrogen) atoms. The van der Waals surface area contributed by atoms with E-state index in [1.54, 1.807) is 17.0 Å². The molecule has 4 rings (SSSR count). The monoisotopic (exact) mass is 463 g/mol. The molecule has 2 aromatic rings. The molecule has 0 aromatic heterocycles. The summed E-state index contributed by atoms with van der Waals surface area (Å²) in [6.45, 7) is 6.43. The molecule has 2 heterocycles. The largest absolute Gasteiger partial charge is 0.507 e. The van der Waals surface area contributed by atoms with Crippen molar-refractivity contribution < 1.29 is 19.4 Å². The number of nitrogens with zero attached hydrogens (tertiary/aromatic N) is 3. The number of benzene rings is 2. The van der Waals surface area contributed by atoms with Crippen molar-refractivity contribution in [3.8, 4) is 0 Å². The second-order valence-electron chi connectivity index (χ2n) is 9.15.